The molecule has 2 unspecified atom stereocenters. The van der Waals surface area contributed by atoms with E-state index in [-0.39, 0.29) is 0 Å². The van der Waals surface area contributed by atoms with Crippen molar-refractivity contribution < 1.29 is 14.2 Å². The van der Waals surface area contributed by atoms with E-state index in [1.807, 2.05) is 0 Å². The lowest BCUT2D eigenvalue weighted by molar-refractivity contribution is -0.147. The topological polar surface area (TPSA) is 39.7 Å². The molecule has 4 nitrogen and oxygen atoms in total. The molecule has 2 aliphatic rings. The van der Waals surface area contributed by atoms with Crippen LogP contribution in [0, 0.1) is 0 Å². The molecule has 2 fully saturated rings. The zero-order chi connectivity index (χ0) is 10.5. The number of likely N-dealkylation sites (N-methyl/N-ethyl adjacent to an activating group) is 1. The fourth-order valence-electron chi connectivity index (χ4n) is 1.91. The van der Waals surface area contributed by atoms with Gasteiger partial charge in [0.15, 0.2) is 0 Å². The summed E-state index contributed by atoms with van der Waals surface area (Å²) in [5, 5.41) is 3.31. The van der Waals surface area contributed by atoms with Crippen molar-refractivity contribution in [2.75, 3.05) is 32.9 Å². The Balaban J connectivity index is 1.55. The van der Waals surface area contributed by atoms with Crippen molar-refractivity contribution in [3.63, 3.8) is 0 Å². The van der Waals surface area contributed by atoms with E-state index in [0.29, 0.717) is 18.3 Å². The van der Waals surface area contributed by atoms with E-state index < -0.39 is 0 Å². The van der Waals surface area contributed by atoms with E-state index in [2.05, 4.69) is 12.2 Å². The van der Waals surface area contributed by atoms with Crippen molar-refractivity contribution in [3.05, 3.63) is 0 Å². The molecule has 0 aromatic heterocycles. The summed E-state index contributed by atoms with van der Waals surface area (Å²) in [6, 6.07) is 0. The minimum absolute atomic E-state index is 0.300. The van der Waals surface area contributed by atoms with Gasteiger partial charge in [0.25, 0.3) is 0 Å². The molecule has 0 bridgehead atoms. The maximum Gasteiger partial charge on any atom is 0.104 e. The molecule has 2 atom stereocenters. The Morgan fingerprint density at radius 3 is 2.73 bits per heavy atom. The first-order valence-corrected chi connectivity index (χ1v) is 5.94. The Labute approximate surface area is 91.3 Å². The molecular formula is C11H21NO3. The summed E-state index contributed by atoms with van der Waals surface area (Å²) < 4.78 is 16.5. The van der Waals surface area contributed by atoms with Crippen molar-refractivity contribution in [1.82, 2.24) is 5.32 Å². The largest absolute Gasteiger partial charge is 0.376 e. The molecular weight excluding hydrogens is 194 g/mol. The molecule has 2 rings (SSSR count). The monoisotopic (exact) mass is 215 g/mol. The third kappa shape index (κ3) is 3.41. The standard InChI is InChI=1S/C11H21NO3/c1-2-12-5-9-3-4-10(15-9)8-14-11-6-13-7-11/h9-12H,2-8H2,1H3. The quantitative estimate of drug-likeness (QED) is 0.703. The highest BCUT2D eigenvalue weighted by molar-refractivity contribution is 4.76. The smallest absolute Gasteiger partial charge is 0.104 e. The number of rotatable bonds is 6. The van der Waals surface area contributed by atoms with Crippen LogP contribution < -0.4 is 5.32 Å². The maximum atomic E-state index is 5.85. The minimum Gasteiger partial charge on any atom is -0.376 e. The third-order valence-electron chi connectivity index (χ3n) is 2.94. The van der Waals surface area contributed by atoms with Crippen LogP contribution >= 0.6 is 0 Å². The zero-order valence-electron chi connectivity index (χ0n) is 9.41. The Morgan fingerprint density at radius 1 is 1.27 bits per heavy atom. The van der Waals surface area contributed by atoms with Crippen LogP contribution in [0.1, 0.15) is 19.8 Å². The minimum atomic E-state index is 0.300. The molecule has 4 heteroatoms. The summed E-state index contributed by atoms with van der Waals surface area (Å²) in [5.74, 6) is 0. The third-order valence-corrected chi connectivity index (χ3v) is 2.94. The highest BCUT2D eigenvalue weighted by atomic mass is 16.6. The molecule has 88 valence electrons. The van der Waals surface area contributed by atoms with Gasteiger partial charge in [-0.25, -0.2) is 0 Å². The van der Waals surface area contributed by atoms with Crippen molar-refractivity contribution in [1.29, 1.82) is 0 Å². The van der Waals surface area contributed by atoms with Gasteiger partial charge in [0.2, 0.25) is 0 Å². The van der Waals surface area contributed by atoms with E-state index >= 15 is 0 Å². The number of nitrogens with one attached hydrogen (secondary N) is 1. The first kappa shape index (κ1) is 11.3. The lowest BCUT2D eigenvalue weighted by Crippen LogP contribution is -2.38. The molecule has 0 aliphatic carbocycles. The fraction of sp³-hybridized carbons (Fsp3) is 1.00. The zero-order valence-corrected chi connectivity index (χ0v) is 9.41. The molecule has 0 spiro atoms. The van der Waals surface area contributed by atoms with Gasteiger partial charge >= 0.3 is 0 Å². The second-order valence-corrected chi connectivity index (χ2v) is 4.26. The van der Waals surface area contributed by atoms with Gasteiger partial charge in [0.1, 0.15) is 6.10 Å². The van der Waals surface area contributed by atoms with Crippen molar-refractivity contribution >= 4 is 0 Å². The van der Waals surface area contributed by atoms with Crippen LogP contribution in [-0.2, 0) is 14.2 Å². The molecule has 1 N–H and O–H groups in total. The summed E-state index contributed by atoms with van der Waals surface area (Å²) >= 11 is 0. The van der Waals surface area contributed by atoms with E-state index in [1.165, 1.54) is 0 Å². The van der Waals surface area contributed by atoms with Gasteiger partial charge in [-0.2, -0.15) is 0 Å². The summed E-state index contributed by atoms with van der Waals surface area (Å²) in [7, 11) is 0. The molecule has 2 heterocycles. The lowest BCUT2D eigenvalue weighted by Gasteiger charge is -2.27. The van der Waals surface area contributed by atoms with Crippen molar-refractivity contribution in [2.24, 2.45) is 0 Å². The summed E-state index contributed by atoms with van der Waals surface area (Å²) in [6.07, 6.45) is 3.29. The van der Waals surface area contributed by atoms with Crippen LogP contribution in [0.4, 0.5) is 0 Å². The summed E-state index contributed by atoms with van der Waals surface area (Å²) in [5.41, 5.74) is 0. The van der Waals surface area contributed by atoms with Crippen molar-refractivity contribution in [3.8, 4) is 0 Å². The Bertz CT molecular complexity index is 185. The van der Waals surface area contributed by atoms with Gasteiger partial charge < -0.3 is 19.5 Å². The van der Waals surface area contributed by atoms with E-state index in [0.717, 1.165) is 45.8 Å². The van der Waals surface area contributed by atoms with Crippen LogP contribution in [0.25, 0.3) is 0 Å². The molecule has 0 aromatic carbocycles. The molecule has 0 amide bonds. The van der Waals surface area contributed by atoms with Crippen LogP contribution in [0.15, 0.2) is 0 Å². The lowest BCUT2D eigenvalue weighted by atomic mass is 10.2. The van der Waals surface area contributed by atoms with Crippen molar-refractivity contribution in [2.45, 2.75) is 38.1 Å². The van der Waals surface area contributed by atoms with Gasteiger partial charge in [0, 0.05) is 6.54 Å². The second-order valence-electron chi connectivity index (χ2n) is 4.26. The van der Waals surface area contributed by atoms with Crippen LogP contribution in [0.2, 0.25) is 0 Å². The SMILES string of the molecule is CCNCC1CCC(COC2COC2)O1. The predicted molar refractivity (Wildman–Crippen MR) is 57.0 cm³/mol. The fourth-order valence-corrected chi connectivity index (χ4v) is 1.91. The highest BCUT2D eigenvalue weighted by Crippen LogP contribution is 2.20. The predicted octanol–water partition coefficient (Wildman–Crippen LogP) is 0.559. The van der Waals surface area contributed by atoms with E-state index in [1.54, 1.807) is 0 Å². The Morgan fingerprint density at radius 2 is 2.07 bits per heavy atom. The van der Waals surface area contributed by atoms with E-state index in [4.69, 9.17) is 14.2 Å². The van der Waals surface area contributed by atoms with Gasteiger partial charge in [-0.1, -0.05) is 6.92 Å². The summed E-state index contributed by atoms with van der Waals surface area (Å²) in [6.45, 7) is 6.35. The van der Waals surface area contributed by atoms with Crippen LogP contribution in [0.3, 0.4) is 0 Å². The van der Waals surface area contributed by atoms with Gasteiger partial charge in [-0.05, 0) is 19.4 Å². The molecule has 15 heavy (non-hydrogen) atoms. The maximum absolute atomic E-state index is 5.85. The van der Waals surface area contributed by atoms with Gasteiger partial charge in [-0.15, -0.1) is 0 Å². The van der Waals surface area contributed by atoms with E-state index in [9.17, 15) is 0 Å². The first-order valence-electron chi connectivity index (χ1n) is 5.94. The molecule has 0 saturated carbocycles. The second kappa shape index (κ2) is 5.80. The Hall–Kier alpha value is -0.160. The molecule has 2 aliphatic heterocycles. The highest BCUT2D eigenvalue weighted by Gasteiger charge is 2.27. The molecule has 0 radical (unpaired) electrons. The van der Waals surface area contributed by atoms with Crippen LogP contribution in [0.5, 0.6) is 0 Å². The molecule has 0 aromatic rings. The normalized spacial score (nSPS) is 31.8. The first-order chi connectivity index (χ1) is 7.38. The average molecular weight is 215 g/mol. The molecule has 2 saturated heterocycles. The Kier molecular flexibility index (Phi) is 4.38. The number of hydrogen-bond acceptors (Lipinski definition) is 4. The van der Waals surface area contributed by atoms with Gasteiger partial charge in [-0.3, -0.25) is 0 Å². The van der Waals surface area contributed by atoms with Gasteiger partial charge in [0.05, 0.1) is 32.0 Å². The number of hydrogen-bond donors (Lipinski definition) is 1. The summed E-state index contributed by atoms with van der Waals surface area (Å²) in [4.78, 5) is 0. The number of ether oxygens (including phenoxy) is 3. The van der Waals surface area contributed by atoms with Crippen LogP contribution in [-0.4, -0.2) is 51.2 Å². The average Bonchev–Trinajstić information content (AvgIpc) is 2.60.